The van der Waals surface area contributed by atoms with Gasteiger partial charge in [-0.05, 0) is 42.5 Å². The van der Waals surface area contributed by atoms with E-state index in [-0.39, 0.29) is 5.56 Å². The zero-order chi connectivity index (χ0) is 20.3. The summed E-state index contributed by atoms with van der Waals surface area (Å²) < 4.78 is 7.10. The fraction of sp³-hybridized carbons (Fsp3) is 0. The van der Waals surface area contributed by atoms with Gasteiger partial charge in [0.1, 0.15) is 11.5 Å². The molecule has 9 nitrogen and oxygen atoms in total. The molecule has 0 aliphatic heterocycles. The Hall–Kier alpha value is -4.53. The minimum Gasteiger partial charge on any atom is -0.457 e. The largest absolute Gasteiger partial charge is 0.457 e. The van der Waals surface area contributed by atoms with Crippen LogP contribution in [0.4, 0.5) is 11.8 Å². The first-order valence-electron chi connectivity index (χ1n) is 9.12. The first-order chi connectivity index (χ1) is 14.8. The minimum atomic E-state index is -0.287. The van der Waals surface area contributed by atoms with Crippen LogP contribution in [0.2, 0.25) is 0 Å². The lowest BCUT2D eigenvalue weighted by Crippen LogP contribution is -2.20. The van der Waals surface area contributed by atoms with Crippen molar-refractivity contribution in [2.24, 2.45) is 0 Å². The Labute approximate surface area is 170 Å². The third-order valence-electron chi connectivity index (χ3n) is 4.30. The minimum absolute atomic E-state index is 0.287. The number of H-pyrrole nitrogens is 1. The summed E-state index contributed by atoms with van der Waals surface area (Å²) in [5.74, 6) is 2.20. The number of fused-ring (bicyclic) bond motifs is 1. The van der Waals surface area contributed by atoms with E-state index in [2.05, 4.69) is 30.6 Å². The van der Waals surface area contributed by atoms with Crippen LogP contribution in [-0.4, -0.2) is 29.9 Å². The Morgan fingerprint density at radius 1 is 0.900 bits per heavy atom. The monoisotopic (exact) mass is 397 g/mol. The van der Waals surface area contributed by atoms with Crippen LogP contribution in [0.1, 0.15) is 0 Å². The number of hydrogen-bond acceptors (Lipinski definition) is 7. The predicted molar refractivity (Wildman–Crippen MR) is 111 cm³/mol. The number of benzene rings is 2. The van der Waals surface area contributed by atoms with Crippen molar-refractivity contribution in [1.29, 1.82) is 0 Å². The highest BCUT2D eigenvalue weighted by Gasteiger charge is 2.12. The fourth-order valence-corrected chi connectivity index (χ4v) is 2.91. The third kappa shape index (κ3) is 3.47. The van der Waals surface area contributed by atoms with E-state index in [0.29, 0.717) is 34.2 Å². The van der Waals surface area contributed by atoms with Crippen LogP contribution in [-0.2, 0) is 0 Å². The molecule has 9 heteroatoms. The molecule has 0 saturated heterocycles. The van der Waals surface area contributed by atoms with Gasteiger partial charge >= 0.3 is 0 Å². The number of para-hydroxylation sites is 1. The third-order valence-corrected chi connectivity index (χ3v) is 4.30. The molecule has 3 aromatic heterocycles. The molecule has 5 aromatic rings. The molecule has 0 unspecified atom stereocenters. The van der Waals surface area contributed by atoms with Crippen molar-refractivity contribution in [3.63, 3.8) is 0 Å². The fourth-order valence-electron chi connectivity index (χ4n) is 2.91. The average molecular weight is 397 g/mol. The van der Waals surface area contributed by atoms with E-state index < -0.39 is 0 Å². The molecule has 0 fully saturated rings. The lowest BCUT2D eigenvalue weighted by Gasteiger charge is -2.08. The highest BCUT2D eigenvalue weighted by Crippen LogP contribution is 2.23. The van der Waals surface area contributed by atoms with Gasteiger partial charge in [-0.1, -0.05) is 18.2 Å². The van der Waals surface area contributed by atoms with Crippen LogP contribution in [0, 0.1) is 0 Å². The van der Waals surface area contributed by atoms with Gasteiger partial charge < -0.3 is 10.1 Å². The summed E-state index contributed by atoms with van der Waals surface area (Å²) in [6, 6.07) is 19.7. The van der Waals surface area contributed by atoms with Gasteiger partial charge in [-0.3, -0.25) is 9.89 Å². The highest BCUT2D eigenvalue weighted by molar-refractivity contribution is 5.86. The molecule has 0 bridgehead atoms. The molecule has 2 N–H and O–H groups in total. The van der Waals surface area contributed by atoms with Crippen molar-refractivity contribution >= 4 is 22.8 Å². The van der Waals surface area contributed by atoms with Crippen LogP contribution in [0.25, 0.3) is 16.7 Å². The topological polar surface area (TPSA) is 111 Å². The van der Waals surface area contributed by atoms with E-state index in [1.165, 1.54) is 10.7 Å². The van der Waals surface area contributed by atoms with Crippen molar-refractivity contribution in [1.82, 2.24) is 29.9 Å². The lowest BCUT2D eigenvalue weighted by molar-refractivity contribution is 0.482. The maximum Gasteiger partial charge on any atom is 0.273 e. The molecular formula is C21H15N7O2. The quantitative estimate of drug-likeness (QED) is 0.467. The standard InChI is InChI=1S/C21H15N7O2/c29-18-13-17-19(20(26-25-17)24-21-22-11-4-12-23-21)27-28(18)14-7-9-16(10-8-14)30-15-5-2-1-3-6-15/h1-13,25H,(H,22,23,24,26). The summed E-state index contributed by atoms with van der Waals surface area (Å²) in [5, 5.41) is 14.4. The molecule has 0 spiro atoms. The number of rotatable bonds is 5. The molecule has 0 saturated carbocycles. The Kier molecular flexibility index (Phi) is 4.37. The van der Waals surface area contributed by atoms with Crippen molar-refractivity contribution in [2.75, 3.05) is 5.32 Å². The molecule has 2 aromatic carbocycles. The normalized spacial score (nSPS) is 10.8. The van der Waals surface area contributed by atoms with Crippen molar-refractivity contribution in [3.8, 4) is 17.2 Å². The summed E-state index contributed by atoms with van der Waals surface area (Å²) in [4.78, 5) is 20.8. The Bertz CT molecular complexity index is 1350. The van der Waals surface area contributed by atoms with Gasteiger partial charge in [-0.15, -0.1) is 0 Å². The van der Waals surface area contributed by atoms with Gasteiger partial charge in [0.15, 0.2) is 11.3 Å². The van der Waals surface area contributed by atoms with Gasteiger partial charge in [0.25, 0.3) is 5.56 Å². The summed E-state index contributed by atoms with van der Waals surface area (Å²) in [6.07, 6.45) is 3.24. The maximum absolute atomic E-state index is 12.6. The van der Waals surface area contributed by atoms with Crippen LogP contribution in [0.3, 0.4) is 0 Å². The zero-order valence-electron chi connectivity index (χ0n) is 15.6. The number of nitrogens with one attached hydrogen (secondary N) is 2. The number of aromatic amines is 1. The van der Waals surface area contributed by atoms with E-state index in [1.807, 2.05) is 30.3 Å². The maximum atomic E-state index is 12.6. The SMILES string of the molecule is O=c1cc2[nH]nc(Nc3ncccn3)c2nn1-c1ccc(Oc2ccccc2)cc1. The predicted octanol–water partition coefficient (Wildman–Crippen LogP) is 3.43. The van der Waals surface area contributed by atoms with Gasteiger partial charge in [0.05, 0.1) is 11.2 Å². The molecule has 0 atom stereocenters. The second-order valence-corrected chi connectivity index (χ2v) is 6.34. The van der Waals surface area contributed by atoms with Gasteiger partial charge in [0.2, 0.25) is 5.95 Å². The molecule has 0 radical (unpaired) electrons. The summed E-state index contributed by atoms with van der Waals surface area (Å²) in [6.45, 7) is 0. The van der Waals surface area contributed by atoms with E-state index in [0.717, 1.165) is 5.75 Å². The van der Waals surface area contributed by atoms with E-state index in [9.17, 15) is 4.79 Å². The van der Waals surface area contributed by atoms with Gasteiger partial charge in [-0.25, -0.2) is 9.97 Å². The first-order valence-corrected chi connectivity index (χ1v) is 9.12. The number of nitrogens with zero attached hydrogens (tertiary/aromatic N) is 5. The molecule has 0 aliphatic carbocycles. The zero-order valence-corrected chi connectivity index (χ0v) is 15.6. The van der Waals surface area contributed by atoms with Crippen LogP contribution in [0.15, 0.2) is 83.9 Å². The van der Waals surface area contributed by atoms with Crippen molar-refractivity contribution < 1.29 is 4.74 Å². The van der Waals surface area contributed by atoms with E-state index >= 15 is 0 Å². The summed E-state index contributed by atoms with van der Waals surface area (Å²) in [7, 11) is 0. The summed E-state index contributed by atoms with van der Waals surface area (Å²) >= 11 is 0. The van der Waals surface area contributed by atoms with E-state index in [1.54, 1.807) is 42.7 Å². The Balaban J connectivity index is 1.47. The molecule has 3 heterocycles. The molecule has 30 heavy (non-hydrogen) atoms. The molecule has 146 valence electrons. The van der Waals surface area contributed by atoms with Crippen molar-refractivity contribution in [2.45, 2.75) is 0 Å². The Morgan fingerprint density at radius 2 is 1.63 bits per heavy atom. The number of hydrogen-bond donors (Lipinski definition) is 2. The Morgan fingerprint density at radius 3 is 2.40 bits per heavy atom. The molecule has 0 aliphatic rings. The average Bonchev–Trinajstić information content (AvgIpc) is 3.16. The number of aromatic nitrogens is 6. The van der Waals surface area contributed by atoms with Gasteiger partial charge in [0, 0.05) is 18.5 Å². The first kappa shape index (κ1) is 17.6. The highest BCUT2D eigenvalue weighted by atomic mass is 16.5. The van der Waals surface area contributed by atoms with Gasteiger partial charge in [-0.2, -0.15) is 14.9 Å². The number of anilines is 2. The molecule has 0 amide bonds. The smallest absolute Gasteiger partial charge is 0.273 e. The van der Waals surface area contributed by atoms with E-state index in [4.69, 9.17) is 4.74 Å². The van der Waals surface area contributed by atoms with Crippen LogP contribution in [0.5, 0.6) is 11.5 Å². The number of ether oxygens (including phenoxy) is 1. The van der Waals surface area contributed by atoms with Crippen LogP contribution < -0.4 is 15.6 Å². The molecule has 5 rings (SSSR count). The second-order valence-electron chi connectivity index (χ2n) is 6.34. The summed E-state index contributed by atoms with van der Waals surface area (Å²) in [5.41, 5.74) is 1.32. The molecular weight excluding hydrogens is 382 g/mol. The second kappa shape index (κ2) is 7.47. The lowest BCUT2D eigenvalue weighted by atomic mass is 10.3. The van der Waals surface area contributed by atoms with Crippen LogP contribution >= 0.6 is 0 Å². The van der Waals surface area contributed by atoms with Crippen molar-refractivity contribution in [3.05, 3.63) is 89.5 Å².